The van der Waals surface area contributed by atoms with E-state index < -0.39 is 13.5 Å². The molecule has 0 saturated heterocycles. The summed E-state index contributed by atoms with van der Waals surface area (Å²) in [6.45, 7) is 1.82. The molecule has 144 valence electrons. The molecule has 0 unspecified atom stereocenters. The minimum Gasteiger partial charge on any atom is -0.0622 e. The lowest BCUT2D eigenvalue weighted by Gasteiger charge is -2.26. The first-order valence-electron chi connectivity index (χ1n) is 9.83. The Morgan fingerprint density at radius 2 is 0.828 bits per heavy atom. The molecular formula is C26H26P3+. The molecule has 0 bridgehead atoms. The Balaban J connectivity index is 2.05. The normalized spacial score (nSPS) is 12.1. The molecule has 3 heteroatoms. The molecule has 0 radical (unpaired) electrons. The standard InChI is InChI=1S/C26H26P3/c1-28(23-15-7-3-8-16-23,24-17-9-4-10-18-24)27-29(2,25-19-11-5-12-20-25)26-21-13-6-14-22-26/h3-22H,1-2H3/q+1. The zero-order valence-electron chi connectivity index (χ0n) is 16.9. The third-order valence-corrected chi connectivity index (χ3v) is 22.7. The van der Waals surface area contributed by atoms with Crippen molar-refractivity contribution >= 4 is 42.3 Å². The maximum Gasteiger partial charge on any atom is 0.125 e. The molecule has 29 heavy (non-hydrogen) atoms. The molecule has 0 fully saturated rings. The van der Waals surface area contributed by atoms with Crippen molar-refractivity contribution in [1.82, 2.24) is 0 Å². The summed E-state index contributed by atoms with van der Waals surface area (Å²) in [6.07, 6.45) is 0. The highest BCUT2D eigenvalue weighted by Gasteiger charge is 2.40. The Kier molecular flexibility index (Phi) is 6.18. The molecule has 0 saturated carbocycles. The van der Waals surface area contributed by atoms with Crippen LogP contribution in [0.1, 0.15) is 0 Å². The summed E-state index contributed by atoms with van der Waals surface area (Å²) < 4.78 is 0. The van der Waals surface area contributed by atoms with E-state index in [1.54, 1.807) is 7.56 Å². The highest BCUT2D eigenvalue weighted by molar-refractivity contribution is 8.52. The average Bonchev–Trinajstić information content (AvgIpc) is 2.81. The third-order valence-electron chi connectivity index (χ3n) is 5.39. The number of benzene rings is 4. The molecule has 0 spiro atoms. The van der Waals surface area contributed by atoms with E-state index in [1.807, 2.05) is 0 Å². The highest BCUT2D eigenvalue weighted by atomic mass is 32.3. The largest absolute Gasteiger partial charge is 0.125 e. The van der Waals surface area contributed by atoms with Crippen molar-refractivity contribution < 1.29 is 0 Å². The summed E-state index contributed by atoms with van der Waals surface area (Å²) in [5.41, 5.74) is 0. The molecule has 0 aliphatic carbocycles. The quantitative estimate of drug-likeness (QED) is 0.323. The van der Waals surface area contributed by atoms with Crippen molar-refractivity contribution in [3.05, 3.63) is 121 Å². The lowest BCUT2D eigenvalue weighted by atomic mass is 10.4. The fraction of sp³-hybridized carbons (Fsp3) is 0.0769. The van der Waals surface area contributed by atoms with Gasteiger partial charge in [-0.05, 0) is 41.5 Å². The number of hydrogen-bond donors (Lipinski definition) is 0. The fourth-order valence-electron chi connectivity index (χ4n) is 3.74. The van der Waals surface area contributed by atoms with Crippen molar-refractivity contribution in [3.63, 3.8) is 0 Å². The molecule has 4 rings (SSSR count). The van der Waals surface area contributed by atoms with E-state index in [1.165, 1.54) is 21.2 Å². The summed E-state index contributed by atoms with van der Waals surface area (Å²) in [5, 5.41) is 5.91. The summed E-state index contributed by atoms with van der Waals surface area (Å²) in [4.78, 5) is 0. The van der Waals surface area contributed by atoms with Crippen LogP contribution in [0.15, 0.2) is 121 Å². The van der Waals surface area contributed by atoms with Gasteiger partial charge in [0.2, 0.25) is 0 Å². The molecular weight excluding hydrogens is 405 g/mol. The Morgan fingerprint density at radius 3 is 1.17 bits per heavy atom. The van der Waals surface area contributed by atoms with E-state index >= 15 is 0 Å². The van der Waals surface area contributed by atoms with Crippen molar-refractivity contribution in [1.29, 1.82) is 0 Å². The zero-order chi connectivity index (χ0) is 20.2. The van der Waals surface area contributed by atoms with Gasteiger partial charge in [-0.2, -0.15) is 0 Å². The van der Waals surface area contributed by atoms with Crippen LogP contribution < -0.4 is 21.2 Å². The first-order chi connectivity index (χ1) is 14.1. The van der Waals surface area contributed by atoms with E-state index in [9.17, 15) is 0 Å². The summed E-state index contributed by atoms with van der Waals surface area (Å²) >= 11 is 0. The van der Waals surface area contributed by atoms with Crippen LogP contribution in [0.5, 0.6) is 0 Å². The molecule has 4 aromatic carbocycles. The molecule has 0 aromatic heterocycles. The minimum absolute atomic E-state index is 1.48. The average molecular weight is 431 g/mol. The van der Waals surface area contributed by atoms with Crippen LogP contribution in [0.4, 0.5) is 0 Å². The van der Waals surface area contributed by atoms with E-state index in [4.69, 9.17) is 0 Å². The summed E-state index contributed by atoms with van der Waals surface area (Å²) in [5.74, 6) is 0. The predicted molar refractivity (Wildman–Crippen MR) is 137 cm³/mol. The van der Waals surface area contributed by atoms with Gasteiger partial charge in [-0.15, -0.1) is 0 Å². The van der Waals surface area contributed by atoms with E-state index in [0.717, 1.165) is 0 Å². The fourth-order valence-corrected chi connectivity index (χ4v) is 23.6. The SMILES string of the molecule is CP(=P[P+](C)(c1ccccc1)c1ccccc1)(c1ccccc1)c1ccccc1. The van der Waals surface area contributed by atoms with Crippen LogP contribution in [0, 0.1) is 0 Å². The van der Waals surface area contributed by atoms with Gasteiger partial charge in [0.15, 0.2) is 0 Å². The second kappa shape index (κ2) is 8.81. The van der Waals surface area contributed by atoms with E-state index in [-0.39, 0.29) is 0 Å². The van der Waals surface area contributed by atoms with Crippen LogP contribution in [-0.4, -0.2) is 13.3 Å². The maximum absolute atomic E-state index is 2.52. The van der Waals surface area contributed by atoms with Crippen LogP contribution in [0.2, 0.25) is 0 Å². The molecule has 0 atom stereocenters. The van der Waals surface area contributed by atoms with Crippen LogP contribution in [0.25, 0.3) is 0 Å². The maximum atomic E-state index is 2.52. The van der Waals surface area contributed by atoms with Crippen molar-refractivity contribution in [2.24, 2.45) is 0 Å². The van der Waals surface area contributed by atoms with Crippen molar-refractivity contribution in [3.8, 4) is 0 Å². The molecule has 0 aliphatic rings. The Labute approximate surface area is 176 Å². The first kappa shape index (κ1) is 20.3. The van der Waals surface area contributed by atoms with Gasteiger partial charge in [0.25, 0.3) is 0 Å². The van der Waals surface area contributed by atoms with Crippen molar-refractivity contribution in [2.45, 2.75) is 0 Å². The third kappa shape index (κ3) is 4.17. The minimum atomic E-state index is -1.60. The van der Waals surface area contributed by atoms with Gasteiger partial charge in [-0.3, -0.25) is 0 Å². The van der Waals surface area contributed by atoms with Gasteiger partial charge in [-0.25, -0.2) is 0 Å². The Bertz CT molecular complexity index is 1020. The lowest BCUT2D eigenvalue weighted by Crippen LogP contribution is -2.19. The number of hydrogen-bond acceptors (Lipinski definition) is 0. The van der Waals surface area contributed by atoms with E-state index in [0.29, 0.717) is 0 Å². The Hall–Kier alpha value is -1.96. The molecule has 0 nitrogen and oxygen atoms in total. The van der Waals surface area contributed by atoms with Gasteiger partial charge in [0.05, 0.1) is 6.66 Å². The van der Waals surface area contributed by atoms with Crippen molar-refractivity contribution in [2.75, 3.05) is 13.3 Å². The van der Waals surface area contributed by atoms with E-state index in [2.05, 4.69) is 135 Å². The topological polar surface area (TPSA) is 0 Å². The van der Waals surface area contributed by atoms with Gasteiger partial charge in [-0.1, -0.05) is 97.1 Å². The molecule has 0 amide bonds. The predicted octanol–water partition coefficient (Wildman–Crippen LogP) is 6.36. The molecule has 4 aromatic rings. The molecule has 0 N–H and O–H groups in total. The Morgan fingerprint density at radius 1 is 0.517 bits per heavy atom. The lowest BCUT2D eigenvalue weighted by molar-refractivity contribution is 1.74. The first-order valence-corrected chi connectivity index (χ1v) is 16.6. The van der Waals surface area contributed by atoms with Crippen LogP contribution in [0.3, 0.4) is 0 Å². The van der Waals surface area contributed by atoms with Crippen LogP contribution >= 0.6 is 21.1 Å². The monoisotopic (exact) mass is 431 g/mol. The summed E-state index contributed by atoms with van der Waals surface area (Å²) in [6, 6.07) is 44.6. The second-order valence-electron chi connectivity index (χ2n) is 7.35. The highest BCUT2D eigenvalue weighted by Crippen LogP contribution is 2.75. The van der Waals surface area contributed by atoms with Crippen LogP contribution in [-0.2, 0) is 0 Å². The number of rotatable bonds is 5. The zero-order valence-corrected chi connectivity index (χ0v) is 19.6. The van der Waals surface area contributed by atoms with Gasteiger partial charge in [0, 0.05) is 6.55 Å². The smallest absolute Gasteiger partial charge is 0.0622 e. The molecule has 0 aliphatic heterocycles. The summed E-state index contributed by atoms with van der Waals surface area (Å²) in [7, 11) is 1.54. The van der Waals surface area contributed by atoms with Gasteiger partial charge in [0.1, 0.15) is 25.1 Å². The van der Waals surface area contributed by atoms with Gasteiger partial charge >= 0.3 is 0 Å². The molecule has 0 heterocycles. The van der Waals surface area contributed by atoms with Gasteiger partial charge < -0.3 is 0 Å². The second-order valence-corrected chi connectivity index (χ2v) is 20.4.